The molecule has 1 saturated heterocycles. The van der Waals surface area contributed by atoms with E-state index in [1.54, 1.807) is 10.9 Å². The van der Waals surface area contributed by atoms with Gasteiger partial charge in [-0.05, 0) is 38.1 Å². The molecule has 1 aromatic heterocycles. The first kappa shape index (κ1) is 13.4. The Kier molecular flexibility index (Phi) is 3.87. The van der Waals surface area contributed by atoms with E-state index in [0.29, 0.717) is 5.92 Å². The Labute approximate surface area is 119 Å². The normalized spacial score (nSPS) is 26.4. The van der Waals surface area contributed by atoms with E-state index in [-0.39, 0.29) is 11.9 Å². The van der Waals surface area contributed by atoms with E-state index in [9.17, 15) is 4.79 Å². The number of rotatable bonds is 4. The fraction of sp³-hybridized carbons (Fsp3) is 0.600. The van der Waals surface area contributed by atoms with Crippen molar-refractivity contribution in [2.45, 2.75) is 31.7 Å². The second-order valence-electron chi connectivity index (χ2n) is 5.76. The Morgan fingerprint density at radius 2 is 2.30 bits per heavy atom. The van der Waals surface area contributed by atoms with Crippen LogP contribution in [0.3, 0.4) is 0 Å². The van der Waals surface area contributed by atoms with Crippen molar-refractivity contribution in [3.8, 4) is 0 Å². The molecule has 2 aliphatic rings. The molecular formula is C15H22N4O. The van der Waals surface area contributed by atoms with Crippen LogP contribution in [0, 0.1) is 5.92 Å². The fourth-order valence-electron chi connectivity index (χ4n) is 3.02. The third-order valence-electron chi connectivity index (χ3n) is 4.24. The van der Waals surface area contributed by atoms with Gasteiger partial charge < -0.3 is 10.2 Å². The summed E-state index contributed by atoms with van der Waals surface area (Å²) in [5, 5.41) is 7.59. The van der Waals surface area contributed by atoms with Crippen LogP contribution >= 0.6 is 0 Å². The molecule has 2 unspecified atom stereocenters. The monoisotopic (exact) mass is 274 g/mol. The van der Waals surface area contributed by atoms with E-state index in [1.165, 1.54) is 12.8 Å². The molecule has 1 amide bonds. The maximum Gasteiger partial charge on any atom is 0.244 e. The number of aromatic nitrogens is 2. The second-order valence-corrected chi connectivity index (χ2v) is 5.76. The predicted octanol–water partition coefficient (Wildman–Crippen LogP) is 1.47. The van der Waals surface area contributed by atoms with Gasteiger partial charge in [-0.2, -0.15) is 5.10 Å². The minimum absolute atomic E-state index is 0.0267. The molecule has 5 nitrogen and oxygen atoms in total. The lowest BCUT2D eigenvalue weighted by Gasteiger charge is -2.20. The molecule has 20 heavy (non-hydrogen) atoms. The first-order chi connectivity index (χ1) is 9.74. The van der Waals surface area contributed by atoms with Crippen LogP contribution in [0.25, 0.3) is 0 Å². The summed E-state index contributed by atoms with van der Waals surface area (Å²) >= 11 is 0. The molecule has 0 bridgehead atoms. The quantitative estimate of drug-likeness (QED) is 0.846. The standard InChI is InChI=1S/C15H22N4O/c1-18-11-13(10-17-18)19-8-7-14(15(19)20)16-9-12-5-3-2-4-6-12/h2-3,10-12,14,16H,4-9H2,1H3. The summed E-state index contributed by atoms with van der Waals surface area (Å²) in [5.74, 6) is 0.865. The number of nitrogens with zero attached hydrogens (tertiary/aromatic N) is 3. The molecule has 1 aliphatic heterocycles. The summed E-state index contributed by atoms with van der Waals surface area (Å²) in [5.41, 5.74) is 0.905. The summed E-state index contributed by atoms with van der Waals surface area (Å²) in [7, 11) is 1.87. The van der Waals surface area contributed by atoms with Crippen LogP contribution in [0.2, 0.25) is 0 Å². The van der Waals surface area contributed by atoms with Crippen LogP contribution in [-0.4, -0.2) is 34.8 Å². The number of nitrogens with one attached hydrogen (secondary N) is 1. The number of anilines is 1. The van der Waals surface area contributed by atoms with Gasteiger partial charge in [-0.15, -0.1) is 0 Å². The summed E-state index contributed by atoms with van der Waals surface area (Å²) in [6.45, 7) is 1.73. The highest BCUT2D eigenvalue weighted by atomic mass is 16.2. The number of aryl methyl sites for hydroxylation is 1. The van der Waals surface area contributed by atoms with Gasteiger partial charge in [0.2, 0.25) is 5.91 Å². The second kappa shape index (κ2) is 5.79. The van der Waals surface area contributed by atoms with Gasteiger partial charge in [-0.3, -0.25) is 9.48 Å². The smallest absolute Gasteiger partial charge is 0.244 e. The number of carbonyl (C=O) groups is 1. The van der Waals surface area contributed by atoms with Crippen molar-refractivity contribution in [2.75, 3.05) is 18.0 Å². The highest BCUT2D eigenvalue weighted by molar-refractivity contribution is 5.99. The molecular weight excluding hydrogens is 252 g/mol. The van der Waals surface area contributed by atoms with Gasteiger partial charge in [-0.1, -0.05) is 12.2 Å². The fourth-order valence-corrected chi connectivity index (χ4v) is 3.02. The first-order valence-corrected chi connectivity index (χ1v) is 7.42. The molecule has 0 radical (unpaired) electrons. The molecule has 0 aromatic carbocycles. The summed E-state index contributed by atoms with van der Waals surface area (Å²) in [4.78, 5) is 14.2. The number of hydrogen-bond donors (Lipinski definition) is 1. The van der Waals surface area contributed by atoms with Gasteiger partial charge in [0, 0.05) is 19.8 Å². The Bertz CT molecular complexity index is 508. The molecule has 2 heterocycles. The lowest BCUT2D eigenvalue weighted by Crippen LogP contribution is -2.40. The maximum absolute atomic E-state index is 12.4. The third kappa shape index (κ3) is 2.77. The van der Waals surface area contributed by atoms with Gasteiger partial charge in [-0.25, -0.2) is 0 Å². The van der Waals surface area contributed by atoms with E-state index >= 15 is 0 Å². The molecule has 1 aliphatic carbocycles. The minimum atomic E-state index is -0.0267. The van der Waals surface area contributed by atoms with Gasteiger partial charge in [0.05, 0.1) is 17.9 Å². The van der Waals surface area contributed by atoms with Crippen molar-refractivity contribution < 1.29 is 4.79 Å². The maximum atomic E-state index is 12.4. The highest BCUT2D eigenvalue weighted by Gasteiger charge is 2.33. The van der Waals surface area contributed by atoms with Crippen molar-refractivity contribution >= 4 is 11.6 Å². The number of hydrogen-bond acceptors (Lipinski definition) is 3. The van der Waals surface area contributed by atoms with E-state index in [2.05, 4.69) is 22.6 Å². The van der Waals surface area contributed by atoms with Gasteiger partial charge in [0.15, 0.2) is 0 Å². The van der Waals surface area contributed by atoms with E-state index < -0.39 is 0 Å². The van der Waals surface area contributed by atoms with Crippen LogP contribution in [-0.2, 0) is 11.8 Å². The van der Waals surface area contributed by atoms with Crippen LogP contribution in [0.1, 0.15) is 25.7 Å². The molecule has 3 rings (SSSR count). The average molecular weight is 274 g/mol. The molecule has 108 valence electrons. The van der Waals surface area contributed by atoms with Crippen molar-refractivity contribution in [1.82, 2.24) is 15.1 Å². The Balaban J connectivity index is 1.54. The van der Waals surface area contributed by atoms with E-state index in [0.717, 1.165) is 31.6 Å². The zero-order chi connectivity index (χ0) is 13.9. The minimum Gasteiger partial charge on any atom is -0.308 e. The van der Waals surface area contributed by atoms with Crippen molar-refractivity contribution in [2.24, 2.45) is 13.0 Å². The molecule has 1 N–H and O–H groups in total. The predicted molar refractivity (Wildman–Crippen MR) is 78.4 cm³/mol. The first-order valence-electron chi connectivity index (χ1n) is 7.42. The van der Waals surface area contributed by atoms with Gasteiger partial charge >= 0.3 is 0 Å². The van der Waals surface area contributed by atoms with Crippen LogP contribution in [0.15, 0.2) is 24.5 Å². The van der Waals surface area contributed by atoms with Crippen LogP contribution < -0.4 is 10.2 Å². The highest BCUT2D eigenvalue weighted by Crippen LogP contribution is 2.22. The SMILES string of the molecule is Cn1cc(N2CCC(NCC3CC=CCC3)C2=O)cn1. The summed E-state index contributed by atoms with van der Waals surface area (Å²) in [6.07, 6.45) is 12.6. The van der Waals surface area contributed by atoms with E-state index in [1.807, 2.05) is 18.1 Å². The molecule has 0 saturated carbocycles. The lowest BCUT2D eigenvalue weighted by atomic mass is 9.94. The number of carbonyl (C=O) groups excluding carboxylic acids is 1. The van der Waals surface area contributed by atoms with Crippen molar-refractivity contribution in [3.63, 3.8) is 0 Å². The van der Waals surface area contributed by atoms with E-state index in [4.69, 9.17) is 0 Å². The molecule has 2 atom stereocenters. The Morgan fingerprint density at radius 3 is 3.00 bits per heavy atom. The molecule has 1 fully saturated rings. The topological polar surface area (TPSA) is 50.2 Å². The average Bonchev–Trinajstić information content (AvgIpc) is 3.04. The Hall–Kier alpha value is -1.62. The summed E-state index contributed by atoms with van der Waals surface area (Å²) < 4.78 is 1.73. The Morgan fingerprint density at radius 1 is 1.40 bits per heavy atom. The van der Waals surface area contributed by atoms with Crippen molar-refractivity contribution in [1.29, 1.82) is 0 Å². The third-order valence-corrected chi connectivity index (χ3v) is 4.24. The summed E-state index contributed by atoms with van der Waals surface area (Å²) in [6, 6.07) is -0.0267. The zero-order valence-corrected chi connectivity index (χ0v) is 12.0. The van der Waals surface area contributed by atoms with Gasteiger partial charge in [0.1, 0.15) is 0 Å². The van der Waals surface area contributed by atoms with Gasteiger partial charge in [0.25, 0.3) is 0 Å². The number of amides is 1. The molecule has 5 heteroatoms. The van der Waals surface area contributed by atoms with Crippen molar-refractivity contribution in [3.05, 3.63) is 24.5 Å². The molecule has 0 spiro atoms. The largest absolute Gasteiger partial charge is 0.308 e. The number of allylic oxidation sites excluding steroid dienone is 2. The lowest BCUT2D eigenvalue weighted by molar-refractivity contribution is -0.118. The van der Waals surface area contributed by atoms with Crippen LogP contribution in [0.5, 0.6) is 0 Å². The molecule has 1 aromatic rings. The zero-order valence-electron chi connectivity index (χ0n) is 12.0. The van der Waals surface area contributed by atoms with Crippen LogP contribution in [0.4, 0.5) is 5.69 Å².